The fourth-order valence-electron chi connectivity index (χ4n) is 2.62. The molecule has 4 rings (SSSR count). The van der Waals surface area contributed by atoms with Crippen molar-refractivity contribution >= 4 is 32.0 Å². The van der Waals surface area contributed by atoms with E-state index in [9.17, 15) is 12.8 Å². The molecule has 0 radical (unpaired) electrons. The van der Waals surface area contributed by atoms with E-state index in [1.54, 1.807) is 29.5 Å². The van der Waals surface area contributed by atoms with Gasteiger partial charge in [-0.15, -0.1) is 11.3 Å². The molecule has 1 N–H and O–H groups in total. The number of imidazole rings is 1. The third kappa shape index (κ3) is 3.09. The quantitative estimate of drug-likeness (QED) is 0.567. The van der Waals surface area contributed by atoms with E-state index in [0.29, 0.717) is 5.69 Å². The van der Waals surface area contributed by atoms with Crippen LogP contribution in [0.15, 0.2) is 65.0 Å². The summed E-state index contributed by atoms with van der Waals surface area (Å²) in [6.45, 7) is 2.00. The van der Waals surface area contributed by atoms with Crippen LogP contribution in [0, 0.1) is 12.7 Å². The molecule has 2 aromatic heterocycles. The molecule has 0 atom stereocenters. The summed E-state index contributed by atoms with van der Waals surface area (Å²) >= 11 is 1.55. The second-order valence-electron chi connectivity index (χ2n) is 5.80. The summed E-state index contributed by atoms with van der Waals surface area (Å²) in [5.41, 5.74) is 3.03. The average molecular weight is 387 g/mol. The van der Waals surface area contributed by atoms with Gasteiger partial charge in [0.25, 0.3) is 10.0 Å². The van der Waals surface area contributed by atoms with E-state index in [0.717, 1.165) is 28.0 Å². The molecule has 0 amide bonds. The highest BCUT2D eigenvalue weighted by atomic mass is 32.2. The number of nitrogens with one attached hydrogen (secondary N) is 1. The molecule has 4 aromatic rings. The van der Waals surface area contributed by atoms with Gasteiger partial charge in [0.05, 0.1) is 10.6 Å². The largest absolute Gasteiger partial charge is 0.294 e. The number of aromatic nitrogens is 2. The Bertz CT molecular complexity index is 1210. The first kappa shape index (κ1) is 16.7. The van der Waals surface area contributed by atoms with Crippen LogP contribution < -0.4 is 4.72 Å². The lowest BCUT2D eigenvalue weighted by atomic mass is 10.1. The van der Waals surface area contributed by atoms with Crippen LogP contribution in [0.5, 0.6) is 0 Å². The molecule has 5 nitrogen and oxygen atoms in total. The zero-order valence-electron chi connectivity index (χ0n) is 13.7. The monoisotopic (exact) mass is 387 g/mol. The Hall–Kier alpha value is -2.71. The SMILES string of the molecule is Cc1csc2nc(-c3cccc(NS(=O)(=O)c4cccc(F)c4)c3)cn12. The summed E-state index contributed by atoms with van der Waals surface area (Å²) in [6, 6.07) is 11.9. The van der Waals surface area contributed by atoms with Crippen molar-refractivity contribution in [3.63, 3.8) is 0 Å². The maximum atomic E-state index is 13.3. The standard InChI is InChI=1S/C18H14FN3O2S2/c1-12-11-25-18-20-17(10-22(12)18)13-4-2-6-15(8-13)21-26(23,24)16-7-3-5-14(19)9-16/h2-11,21H,1H3. The van der Waals surface area contributed by atoms with Gasteiger partial charge in [0.1, 0.15) is 5.82 Å². The Morgan fingerprint density at radius 2 is 1.96 bits per heavy atom. The van der Waals surface area contributed by atoms with Crippen molar-refractivity contribution < 1.29 is 12.8 Å². The van der Waals surface area contributed by atoms with Gasteiger partial charge < -0.3 is 0 Å². The summed E-state index contributed by atoms with van der Waals surface area (Å²) in [6.07, 6.45) is 1.92. The minimum absolute atomic E-state index is 0.124. The fourth-order valence-corrected chi connectivity index (χ4v) is 4.55. The number of aryl methyl sites for hydroxylation is 1. The number of hydrogen-bond acceptors (Lipinski definition) is 4. The van der Waals surface area contributed by atoms with Crippen LogP contribution in [0.4, 0.5) is 10.1 Å². The Morgan fingerprint density at radius 1 is 1.15 bits per heavy atom. The van der Waals surface area contributed by atoms with E-state index in [1.165, 1.54) is 18.2 Å². The molecule has 0 aliphatic heterocycles. The molecule has 26 heavy (non-hydrogen) atoms. The van der Waals surface area contributed by atoms with E-state index in [1.807, 2.05) is 29.0 Å². The summed E-state index contributed by atoms with van der Waals surface area (Å²) in [5.74, 6) is -0.602. The third-order valence-electron chi connectivity index (χ3n) is 3.91. The number of fused-ring (bicyclic) bond motifs is 1. The minimum atomic E-state index is -3.87. The first-order chi connectivity index (χ1) is 12.4. The molecule has 0 aliphatic carbocycles. The molecule has 2 aromatic carbocycles. The number of benzene rings is 2. The lowest BCUT2D eigenvalue weighted by molar-refractivity contribution is 0.595. The molecule has 2 heterocycles. The zero-order chi connectivity index (χ0) is 18.3. The number of nitrogens with zero attached hydrogens (tertiary/aromatic N) is 2. The van der Waals surface area contributed by atoms with E-state index < -0.39 is 15.8 Å². The number of anilines is 1. The number of hydrogen-bond donors (Lipinski definition) is 1. The first-order valence-corrected chi connectivity index (χ1v) is 10.1. The summed E-state index contributed by atoms with van der Waals surface area (Å²) < 4.78 is 42.7. The predicted molar refractivity (Wildman–Crippen MR) is 100 cm³/mol. The summed E-state index contributed by atoms with van der Waals surface area (Å²) in [7, 11) is -3.87. The van der Waals surface area contributed by atoms with Gasteiger partial charge in [-0.05, 0) is 37.3 Å². The maximum Gasteiger partial charge on any atom is 0.261 e. The van der Waals surface area contributed by atoms with Crippen molar-refractivity contribution in [2.75, 3.05) is 4.72 Å². The Labute approximate surface area is 153 Å². The zero-order valence-corrected chi connectivity index (χ0v) is 15.3. The molecular weight excluding hydrogens is 373 g/mol. The van der Waals surface area contributed by atoms with Crippen molar-refractivity contribution in [3.8, 4) is 11.3 Å². The molecule has 0 aliphatic rings. The number of thiazole rings is 1. The van der Waals surface area contributed by atoms with Gasteiger partial charge in [0, 0.05) is 28.5 Å². The van der Waals surface area contributed by atoms with E-state index in [4.69, 9.17) is 0 Å². The summed E-state index contributed by atoms with van der Waals surface area (Å²) in [5, 5.41) is 2.02. The Morgan fingerprint density at radius 3 is 2.73 bits per heavy atom. The van der Waals surface area contributed by atoms with Crippen LogP contribution >= 0.6 is 11.3 Å². The normalized spacial score (nSPS) is 11.8. The van der Waals surface area contributed by atoms with Crippen molar-refractivity contribution in [1.82, 2.24) is 9.38 Å². The highest BCUT2D eigenvalue weighted by Crippen LogP contribution is 2.26. The molecule has 0 bridgehead atoms. The van der Waals surface area contributed by atoms with Crippen molar-refractivity contribution in [2.24, 2.45) is 0 Å². The lowest BCUT2D eigenvalue weighted by Crippen LogP contribution is -2.13. The van der Waals surface area contributed by atoms with Gasteiger partial charge in [-0.2, -0.15) is 0 Å². The molecule has 8 heteroatoms. The van der Waals surface area contributed by atoms with Gasteiger partial charge >= 0.3 is 0 Å². The molecule has 0 unspecified atom stereocenters. The maximum absolute atomic E-state index is 13.3. The van der Waals surface area contributed by atoms with Crippen LogP contribution in [-0.2, 0) is 10.0 Å². The van der Waals surface area contributed by atoms with Gasteiger partial charge in [-0.1, -0.05) is 18.2 Å². The van der Waals surface area contributed by atoms with Crippen LogP contribution in [0.1, 0.15) is 5.69 Å². The van der Waals surface area contributed by atoms with Crippen molar-refractivity contribution in [2.45, 2.75) is 11.8 Å². The first-order valence-electron chi connectivity index (χ1n) is 7.74. The highest BCUT2D eigenvalue weighted by molar-refractivity contribution is 7.92. The van der Waals surface area contributed by atoms with Crippen LogP contribution in [0.25, 0.3) is 16.2 Å². The van der Waals surface area contributed by atoms with Gasteiger partial charge in [-0.3, -0.25) is 9.12 Å². The molecule has 0 fully saturated rings. The van der Waals surface area contributed by atoms with Crippen LogP contribution in [0.3, 0.4) is 0 Å². The number of halogens is 1. The fraction of sp³-hybridized carbons (Fsp3) is 0.0556. The number of sulfonamides is 1. The second-order valence-corrected chi connectivity index (χ2v) is 8.32. The minimum Gasteiger partial charge on any atom is -0.294 e. The average Bonchev–Trinajstić information content (AvgIpc) is 3.17. The second kappa shape index (κ2) is 6.22. The molecular formula is C18H14FN3O2S2. The third-order valence-corrected chi connectivity index (χ3v) is 6.24. The van der Waals surface area contributed by atoms with Crippen LogP contribution in [0.2, 0.25) is 0 Å². The topological polar surface area (TPSA) is 63.5 Å². The smallest absolute Gasteiger partial charge is 0.261 e. The highest BCUT2D eigenvalue weighted by Gasteiger charge is 2.15. The summed E-state index contributed by atoms with van der Waals surface area (Å²) in [4.78, 5) is 5.32. The van der Waals surface area contributed by atoms with E-state index in [-0.39, 0.29) is 4.90 Å². The Kier molecular flexibility index (Phi) is 4.01. The molecule has 0 saturated heterocycles. The Balaban J connectivity index is 1.67. The number of rotatable bonds is 4. The predicted octanol–water partition coefficient (Wildman–Crippen LogP) is 4.31. The lowest BCUT2D eigenvalue weighted by Gasteiger charge is -2.09. The molecule has 0 saturated carbocycles. The van der Waals surface area contributed by atoms with E-state index >= 15 is 0 Å². The van der Waals surface area contributed by atoms with Crippen molar-refractivity contribution in [1.29, 1.82) is 0 Å². The van der Waals surface area contributed by atoms with Gasteiger partial charge in [0.2, 0.25) is 0 Å². The van der Waals surface area contributed by atoms with E-state index in [2.05, 4.69) is 9.71 Å². The van der Waals surface area contributed by atoms with Gasteiger partial charge in [0.15, 0.2) is 4.96 Å². The van der Waals surface area contributed by atoms with Crippen molar-refractivity contribution in [3.05, 3.63) is 71.6 Å². The van der Waals surface area contributed by atoms with Gasteiger partial charge in [-0.25, -0.2) is 17.8 Å². The molecule has 0 spiro atoms. The van der Waals surface area contributed by atoms with Crippen LogP contribution in [-0.4, -0.2) is 17.8 Å². The molecule has 132 valence electrons.